The lowest BCUT2D eigenvalue weighted by atomic mass is 9.89. The summed E-state index contributed by atoms with van der Waals surface area (Å²) >= 11 is 0. The maximum Gasteiger partial charge on any atom is 0.240 e. The number of carbonyl (C=O) groups excluding carboxylic acids is 1. The number of aliphatic hydroxyl groups is 1. The lowest BCUT2D eigenvalue weighted by Crippen LogP contribution is -2.59. The lowest BCUT2D eigenvalue weighted by Gasteiger charge is -2.33. The van der Waals surface area contributed by atoms with Gasteiger partial charge in [0.15, 0.2) is 0 Å². The van der Waals surface area contributed by atoms with E-state index in [1.54, 1.807) is 0 Å². The van der Waals surface area contributed by atoms with Gasteiger partial charge in [-0.2, -0.15) is 0 Å². The predicted molar refractivity (Wildman–Crippen MR) is 63.3 cm³/mol. The monoisotopic (exact) mass is 242 g/mol. The van der Waals surface area contributed by atoms with Crippen LogP contribution in [0.5, 0.6) is 0 Å². The molecule has 1 saturated carbocycles. The summed E-state index contributed by atoms with van der Waals surface area (Å²) in [7, 11) is 0. The van der Waals surface area contributed by atoms with Crippen LogP contribution < -0.4 is 11.1 Å². The normalized spacial score (nSPS) is 32.4. The van der Waals surface area contributed by atoms with Crippen LogP contribution in [0.1, 0.15) is 32.1 Å². The Morgan fingerprint density at radius 3 is 2.76 bits per heavy atom. The molecule has 1 aliphatic heterocycles. The third-order valence-electron chi connectivity index (χ3n) is 4.05. The second-order valence-corrected chi connectivity index (χ2v) is 5.22. The molecule has 2 aliphatic rings. The molecule has 98 valence electrons. The van der Waals surface area contributed by atoms with Gasteiger partial charge >= 0.3 is 0 Å². The molecule has 1 heterocycles. The van der Waals surface area contributed by atoms with Crippen LogP contribution in [0, 0.1) is 5.92 Å². The maximum atomic E-state index is 12.2. The Morgan fingerprint density at radius 1 is 1.41 bits per heavy atom. The van der Waals surface area contributed by atoms with E-state index in [0.717, 1.165) is 19.3 Å². The first-order valence-corrected chi connectivity index (χ1v) is 6.44. The Labute approximate surface area is 102 Å². The second kappa shape index (κ2) is 5.33. The van der Waals surface area contributed by atoms with Crippen molar-refractivity contribution in [1.82, 2.24) is 5.32 Å². The quantitative estimate of drug-likeness (QED) is 0.638. The lowest BCUT2D eigenvalue weighted by molar-refractivity contribution is -0.130. The van der Waals surface area contributed by atoms with E-state index in [9.17, 15) is 9.90 Å². The van der Waals surface area contributed by atoms with Crippen LogP contribution in [0.4, 0.5) is 0 Å². The Morgan fingerprint density at radius 2 is 2.12 bits per heavy atom. The fraction of sp³-hybridized carbons (Fsp3) is 0.917. The number of nitrogens with one attached hydrogen (secondary N) is 1. The minimum absolute atomic E-state index is 0.0776. The maximum absolute atomic E-state index is 12.2. The number of amides is 1. The number of ether oxygens (including phenoxy) is 1. The molecule has 2 rings (SSSR count). The van der Waals surface area contributed by atoms with E-state index < -0.39 is 5.54 Å². The van der Waals surface area contributed by atoms with E-state index in [1.807, 2.05) is 0 Å². The van der Waals surface area contributed by atoms with E-state index >= 15 is 0 Å². The van der Waals surface area contributed by atoms with Crippen molar-refractivity contribution in [2.75, 3.05) is 19.8 Å². The molecule has 2 unspecified atom stereocenters. The first kappa shape index (κ1) is 12.8. The Hall–Kier alpha value is -0.650. The van der Waals surface area contributed by atoms with E-state index in [-0.39, 0.29) is 24.5 Å². The molecular formula is C12H22N2O3. The number of carbonyl (C=O) groups is 1. The van der Waals surface area contributed by atoms with Crippen molar-refractivity contribution in [3.05, 3.63) is 0 Å². The van der Waals surface area contributed by atoms with Gasteiger partial charge < -0.3 is 20.9 Å². The number of hydrogen-bond donors (Lipinski definition) is 3. The van der Waals surface area contributed by atoms with Crippen molar-refractivity contribution < 1.29 is 14.6 Å². The van der Waals surface area contributed by atoms with Gasteiger partial charge in [-0.25, -0.2) is 0 Å². The first-order valence-electron chi connectivity index (χ1n) is 6.44. The number of rotatable bonds is 3. The molecule has 2 atom stereocenters. The van der Waals surface area contributed by atoms with Crippen molar-refractivity contribution in [1.29, 1.82) is 0 Å². The van der Waals surface area contributed by atoms with Gasteiger partial charge in [0.1, 0.15) is 0 Å². The van der Waals surface area contributed by atoms with Crippen molar-refractivity contribution >= 4 is 5.91 Å². The van der Waals surface area contributed by atoms with Crippen molar-refractivity contribution in [2.45, 2.75) is 43.7 Å². The summed E-state index contributed by atoms with van der Waals surface area (Å²) in [6, 6.07) is 0.0933. The summed E-state index contributed by atoms with van der Waals surface area (Å²) in [5, 5.41) is 12.2. The Kier molecular flexibility index (Phi) is 4.01. The smallest absolute Gasteiger partial charge is 0.240 e. The Balaban J connectivity index is 1.91. The van der Waals surface area contributed by atoms with Crippen LogP contribution >= 0.6 is 0 Å². The van der Waals surface area contributed by atoms with E-state index in [1.165, 1.54) is 0 Å². The number of nitrogens with two attached hydrogens (primary N) is 1. The molecule has 0 aromatic heterocycles. The van der Waals surface area contributed by atoms with Gasteiger partial charge in [-0.3, -0.25) is 4.79 Å². The highest BCUT2D eigenvalue weighted by molar-refractivity contribution is 5.86. The second-order valence-electron chi connectivity index (χ2n) is 5.22. The molecule has 2 fully saturated rings. The van der Waals surface area contributed by atoms with Crippen molar-refractivity contribution in [2.24, 2.45) is 11.7 Å². The van der Waals surface area contributed by atoms with Gasteiger partial charge in [-0.05, 0) is 25.7 Å². The SMILES string of the molecule is NC1(C(=O)NC2CCCC2CO)CCOCC1. The molecule has 5 nitrogen and oxygen atoms in total. The molecule has 4 N–H and O–H groups in total. The fourth-order valence-electron chi connectivity index (χ4n) is 2.72. The molecule has 1 aliphatic carbocycles. The van der Waals surface area contributed by atoms with Crippen LogP contribution in [0.3, 0.4) is 0 Å². The summed E-state index contributed by atoms with van der Waals surface area (Å²) in [4.78, 5) is 12.2. The van der Waals surface area contributed by atoms with Crippen LogP contribution in [0.2, 0.25) is 0 Å². The molecule has 0 aromatic rings. The summed E-state index contributed by atoms with van der Waals surface area (Å²) < 4.78 is 5.23. The topological polar surface area (TPSA) is 84.6 Å². The van der Waals surface area contributed by atoms with E-state index in [4.69, 9.17) is 10.5 Å². The zero-order valence-electron chi connectivity index (χ0n) is 10.2. The van der Waals surface area contributed by atoms with Crippen LogP contribution in [0.25, 0.3) is 0 Å². The number of aliphatic hydroxyl groups excluding tert-OH is 1. The van der Waals surface area contributed by atoms with Crippen LogP contribution in [-0.2, 0) is 9.53 Å². The molecule has 17 heavy (non-hydrogen) atoms. The zero-order chi connectivity index (χ0) is 12.3. The molecule has 1 amide bonds. The van der Waals surface area contributed by atoms with E-state index in [2.05, 4.69) is 5.32 Å². The molecule has 0 radical (unpaired) electrons. The van der Waals surface area contributed by atoms with Gasteiger partial charge in [0.25, 0.3) is 0 Å². The van der Waals surface area contributed by atoms with E-state index in [0.29, 0.717) is 26.1 Å². The number of hydrogen-bond acceptors (Lipinski definition) is 4. The summed E-state index contributed by atoms with van der Waals surface area (Å²) in [6.45, 7) is 1.25. The van der Waals surface area contributed by atoms with Crippen LogP contribution in [0.15, 0.2) is 0 Å². The molecule has 0 spiro atoms. The largest absolute Gasteiger partial charge is 0.396 e. The third kappa shape index (κ3) is 2.78. The van der Waals surface area contributed by atoms with Gasteiger partial charge in [-0.1, -0.05) is 6.42 Å². The molecule has 5 heteroatoms. The third-order valence-corrected chi connectivity index (χ3v) is 4.05. The van der Waals surface area contributed by atoms with Gasteiger partial charge in [-0.15, -0.1) is 0 Å². The highest BCUT2D eigenvalue weighted by Crippen LogP contribution is 2.26. The van der Waals surface area contributed by atoms with Gasteiger partial charge in [0.05, 0.1) is 5.54 Å². The zero-order valence-corrected chi connectivity index (χ0v) is 10.2. The fourth-order valence-corrected chi connectivity index (χ4v) is 2.72. The van der Waals surface area contributed by atoms with Crippen molar-refractivity contribution in [3.63, 3.8) is 0 Å². The van der Waals surface area contributed by atoms with Crippen LogP contribution in [-0.4, -0.2) is 42.4 Å². The molecule has 1 saturated heterocycles. The van der Waals surface area contributed by atoms with Crippen molar-refractivity contribution in [3.8, 4) is 0 Å². The molecule has 0 aromatic carbocycles. The summed E-state index contributed by atoms with van der Waals surface area (Å²) in [5.74, 6) is 0.119. The summed E-state index contributed by atoms with van der Waals surface area (Å²) in [6.07, 6.45) is 4.16. The standard InChI is InChI=1S/C12H22N2O3/c13-12(4-6-17-7-5-12)11(16)14-10-3-1-2-9(10)8-15/h9-10,15H,1-8,13H2,(H,14,16). The summed E-state index contributed by atoms with van der Waals surface area (Å²) in [5.41, 5.74) is 5.34. The first-order chi connectivity index (χ1) is 8.15. The molecule has 0 bridgehead atoms. The average molecular weight is 242 g/mol. The average Bonchev–Trinajstić information content (AvgIpc) is 2.77. The minimum atomic E-state index is -0.777. The highest BCUT2D eigenvalue weighted by atomic mass is 16.5. The Bertz CT molecular complexity index is 277. The molecular weight excluding hydrogens is 220 g/mol. The van der Waals surface area contributed by atoms with Gasteiger partial charge in [0, 0.05) is 31.8 Å². The predicted octanol–water partition coefficient (Wildman–Crippen LogP) is -0.229. The minimum Gasteiger partial charge on any atom is -0.396 e. The van der Waals surface area contributed by atoms with Gasteiger partial charge in [0.2, 0.25) is 5.91 Å². The highest BCUT2D eigenvalue weighted by Gasteiger charge is 2.38.